The molecule has 20 heavy (non-hydrogen) atoms. The molecule has 9 heteroatoms. The monoisotopic (exact) mass is 391 g/mol. The number of halogens is 1. The molecule has 2 aromatic rings. The highest BCUT2D eigenvalue weighted by molar-refractivity contribution is 14.1. The number of nitrogens with one attached hydrogen (secondary N) is 2. The van der Waals surface area contributed by atoms with Crippen LogP contribution in [-0.2, 0) is 4.74 Å². The van der Waals surface area contributed by atoms with Crippen molar-refractivity contribution in [2.75, 3.05) is 17.2 Å². The van der Waals surface area contributed by atoms with Gasteiger partial charge in [0.2, 0.25) is 5.88 Å². The van der Waals surface area contributed by atoms with Crippen LogP contribution in [0.1, 0.15) is 6.92 Å². The first-order valence-corrected chi connectivity index (χ1v) is 6.61. The molecule has 0 saturated carbocycles. The summed E-state index contributed by atoms with van der Waals surface area (Å²) in [6.45, 7) is 1.84. The van der Waals surface area contributed by atoms with E-state index >= 15 is 0 Å². The Morgan fingerprint density at radius 1 is 1.50 bits per heavy atom. The second kappa shape index (κ2) is 5.94. The average molecular weight is 391 g/mol. The van der Waals surface area contributed by atoms with Crippen LogP contribution in [0.15, 0.2) is 16.7 Å². The van der Waals surface area contributed by atoms with Crippen molar-refractivity contribution in [1.82, 2.24) is 4.98 Å². The summed E-state index contributed by atoms with van der Waals surface area (Å²) in [5.74, 6) is -0.0354. The Kier molecular flexibility index (Phi) is 4.27. The van der Waals surface area contributed by atoms with Gasteiger partial charge in [0, 0.05) is 6.20 Å². The Hall–Kier alpha value is -2.04. The van der Waals surface area contributed by atoms with E-state index in [2.05, 4.69) is 15.6 Å². The van der Waals surface area contributed by atoms with Crippen LogP contribution in [0.4, 0.5) is 21.2 Å². The predicted molar refractivity (Wildman–Crippen MR) is 79.0 cm³/mol. The van der Waals surface area contributed by atoms with Crippen LogP contribution < -0.4 is 10.6 Å². The van der Waals surface area contributed by atoms with Crippen LogP contribution in [0, 0.1) is 3.70 Å². The Morgan fingerprint density at radius 3 is 2.90 bits per heavy atom. The zero-order chi connectivity index (χ0) is 14.7. The number of hydrogen-bond donors (Lipinski definition) is 3. The van der Waals surface area contributed by atoms with Gasteiger partial charge in [-0.3, -0.25) is 10.6 Å². The molecule has 0 aromatic carbocycles. The first-order chi connectivity index (χ1) is 9.52. The van der Waals surface area contributed by atoms with Crippen LogP contribution >= 0.6 is 22.6 Å². The summed E-state index contributed by atoms with van der Waals surface area (Å²) < 4.78 is 10.7. The molecule has 0 spiro atoms. The number of rotatable bonds is 3. The van der Waals surface area contributed by atoms with Gasteiger partial charge < -0.3 is 14.3 Å². The molecule has 0 fully saturated rings. The fourth-order valence-corrected chi connectivity index (χ4v) is 2.13. The third-order valence-electron chi connectivity index (χ3n) is 2.28. The molecule has 0 aliphatic rings. The number of aromatic nitrogens is 1. The lowest BCUT2D eigenvalue weighted by molar-refractivity contribution is 0.167. The maximum Gasteiger partial charge on any atom is 0.414 e. The van der Waals surface area contributed by atoms with Crippen LogP contribution in [0.5, 0.6) is 0 Å². The highest BCUT2D eigenvalue weighted by Gasteiger charge is 2.20. The van der Waals surface area contributed by atoms with E-state index in [4.69, 9.17) is 14.3 Å². The third kappa shape index (κ3) is 2.92. The summed E-state index contributed by atoms with van der Waals surface area (Å²) in [6.07, 6.45) is -0.491. The van der Waals surface area contributed by atoms with Gasteiger partial charge in [-0.25, -0.2) is 14.6 Å². The SMILES string of the molecule is CCOC(=O)Nc1oc2c(I)nccc2c1NC(=O)O. The van der Waals surface area contributed by atoms with E-state index in [1.54, 1.807) is 13.0 Å². The van der Waals surface area contributed by atoms with Crippen molar-refractivity contribution in [3.8, 4) is 0 Å². The smallest absolute Gasteiger partial charge is 0.414 e. The number of carbonyl (C=O) groups excluding carboxylic acids is 1. The molecule has 0 radical (unpaired) electrons. The third-order valence-corrected chi connectivity index (χ3v) is 3.05. The molecule has 8 nitrogen and oxygen atoms in total. The van der Waals surface area contributed by atoms with E-state index in [-0.39, 0.29) is 18.2 Å². The minimum atomic E-state index is -1.27. The summed E-state index contributed by atoms with van der Waals surface area (Å²) in [5, 5.41) is 13.9. The largest absolute Gasteiger partial charge is 0.465 e. The van der Waals surface area contributed by atoms with E-state index in [9.17, 15) is 9.59 Å². The van der Waals surface area contributed by atoms with Crippen molar-refractivity contribution in [3.63, 3.8) is 0 Å². The summed E-state index contributed by atoms with van der Waals surface area (Å²) in [6, 6.07) is 1.59. The fourth-order valence-electron chi connectivity index (χ4n) is 1.57. The summed E-state index contributed by atoms with van der Waals surface area (Å²) >= 11 is 1.95. The number of carboxylic acid groups (broad SMARTS) is 1. The summed E-state index contributed by atoms with van der Waals surface area (Å²) in [7, 11) is 0. The molecule has 0 aliphatic carbocycles. The van der Waals surface area contributed by atoms with Crippen molar-refractivity contribution in [2.45, 2.75) is 6.92 Å². The molecule has 2 amide bonds. The minimum absolute atomic E-state index is 0.0354. The van der Waals surface area contributed by atoms with Gasteiger partial charge in [-0.2, -0.15) is 0 Å². The van der Waals surface area contributed by atoms with Gasteiger partial charge in [-0.1, -0.05) is 0 Å². The number of fused-ring (bicyclic) bond motifs is 1. The Labute approximate surface area is 126 Å². The Balaban J connectivity index is 2.48. The van der Waals surface area contributed by atoms with E-state index in [1.807, 2.05) is 22.6 Å². The van der Waals surface area contributed by atoms with Crippen LogP contribution in [0.25, 0.3) is 11.0 Å². The molecule has 0 saturated heterocycles. The van der Waals surface area contributed by atoms with Gasteiger partial charge in [0.25, 0.3) is 0 Å². The number of anilines is 2. The number of nitrogens with zero attached hydrogens (tertiary/aromatic N) is 1. The first kappa shape index (κ1) is 14.4. The molecule has 0 aliphatic heterocycles. The Bertz CT molecular complexity index is 669. The highest BCUT2D eigenvalue weighted by Crippen LogP contribution is 2.36. The van der Waals surface area contributed by atoms with Crippen molar-refractivity contribution in [3.05, 3.63) is 16.0 Å². The van der Waals surface area contributed by atoms with Crippen molar-refractivity contribution < 1.29 is 23.8 Å². The predicted octanol–water partition coefficient (Wildman–Crippen LogP) is 3.09. The molecule has 2 rings (SSSR count). The van der Waals surface area contributed by atoms with E-state index < -0.39 is 12.2 Å². The van der Waals surface area contributed by atoms with Crippen LogP contribution in [0.2, 0.25) is 0 Å². The normalized spacial score (nSPS) is 10.3. The van der Waals surface area contributed by atoms with Crippen molar-refractivity contribution >= 4 is 57.3 Å². The first-order valence-electron chi connectivity index (χ1n) is 5.53. The standard InChI is InChI=1S/C11H10IN3O5/c1-2-19-11(18)15-9-6(14-10(16)17)5-3-4-13-8(12)7(5)20-9/h3-4,14H,2H2,1H3,(H,15,18)(H,16,17). The Morgan fingerprint density at radius 2 is 2.25 bits per heavy atom. The number of ether oxygens (including phenoxy) is 1. The summed E-state index contributed by atoms with van der Waals surface area (Å²) in [4.78, 5) is 26.3. The van der Waals surface area contributed by atoms with Crippen molar-refractivity contribution in [2.24, 2.45) is 0 Å². The van der Waals surface area contributed by atoms with Gasteiger partial charge in [0.15, 0.2) is 5.58 Å². The molecule has 2 aromatic heterocycles. The number of amides is 2. The second-order valence-electron chi connectivity index (χ2n) is 3.56. The zero-order valence-corrected chi connectivity index (χ0v) is 12.4. The van der Waals surface area contributed by atoms with Gasteiger partial charge in [0.05, 0.1) is 12.0 Å². The lowest BCUT2D eigenvalue weighted by Crippen LogP contribution is -2.15. The molecular formula is C11H10IN3O5. The molecule has 0 atom stereocenters. The second-order valence-corrected chi connectivity index (χ2v) is 4.58. The molecule has 0 bridgehead atoms. The molecule has 3 N–H and O–H groups in total. The van der Waals surface area contributed by atoms with Crippen LogP contribution in [0.3, 0.4) is 0 Å². The maximum absolute atomic E-state index is 11.4. The number of hydrogen-bond acceptors (Lipinski definition) is 5. The topological polar surface area (TPSA) is 114 Å². The van der Waals surface area contributed by atoms with E-state index in [1.165, 1.54) is 6.20 Å². The lowest BCUT2D eigenvalue weighted by atomic mass is 10.3. The quantitative estimate of drug-likeness (QED) is 0.548. The van der Waals surface area contributed by atoms with Gasteiger partial charge in [-0.05, 0) is 35.6 Å². The molecule has 106 valence electrons. The highest BCUT2D eigenvalue weighted by atomic mass is 127. The number of furan rings is 1. The fraction of sp³-hybridized carbons (Fsp3) is 0.182. The van der Waals surface area contributed by atoms with Gasteiger partial charge in [-0.15, -0.1) is 0 Å². The van der Waals surface area contributed by atoms with Crippen LogP contribution in [-0.4, -0.2) is 28.9 Å². The lowest BCUT2D eigenvalue weighted by Gasteiger charge is -2.04. The van der Waals surface area contributed by atoms with Gasteiger partial charge in [0.1, 0.15) is 9.39 Å². The molecule has 0 unspecified atom stereocenters. The van der Waals surface area contributed by atoms with E-state index in [0.717, 1.165) is 0 Å². The minimum Gasteiger partial charge on any atom is -0.465 e. The molecule has 2 heterocycles. The number of pyridine rings is 1. The number of carbonyl (C=O) groups is 2. The van der Waals surface area contributed by atoms with Crippen molar-refractivity contribution in [1.29, 1.82) is 0 Å². The zero-order valence-electron chi connectivity index (χ0n) is 10.3. The maximum atomic E-state index is 11.4. The molecular weight excluding hydrogens is 381 g/mol. The summed E-state index contributed by atoms with van der Waals surface area (Å²) in [5.41, 5.74) is 0.518. The van der Waals surface area contributed by atoms with Gasteiger partial charge >= 0.3 is 12.2 Å². The van der Waals surface area contributed by atoms with E-state index in [0.29, 0.717) is 14.7 Å². The average Bonchev–Trinajstić information content (AvgIpc) is 2.69.